The van der Waals surface area contributed by atoms with Gasteiger partial charge >= 0.3 is 0 Å². The zero-order chi connectivity index (χ0) is 15.3. The third kappa shape index (κ3) is 4.14. The molecule has 1 aromatic heterocycles. The number of hydrogen-bond acceptors (Lipinski definition) is 4. The van der Waals surface area contributed by atoms with E-state index in [2.05, 4.69) is 4.72 Å². The highest BCUT2D eigenvalue weighted by Crippen LogP contribution is 2.17. The van der Waals surface area contributed by atoms with E-state index in [1.807, 2.05) is 30.5 Å². The smallest absolute Gasteiger partial charge is 0.240 e. The number of benzene rings is 1. The van der Waals surface area contributed by atoms with E-state index in [4.69, 9.17) is 5.73 Å². The van der Waals surface area contributed by atoms with Gasteiger partial charge in [-0.15, -0.1) is 11.3 Å². The maximum atomic E-state index is 12.3. The minimum Gasteiger partial charge on any atom is -0.326 e. The molecule has 6 heteroatoms. The lowest BCUT2D eigenvalue weighted by Gasteiger charge is -2.10. The Morgan fingerprint density at radius 1 is 1.24 bits per heavy atom. The molecule has 3 N–H and O–H groups in total. The van der Waals surface area contributed by atoms with Gasteiger partial charge in [0.05, 0.1) is 4.90 Å². The molecular weight excluding hydrogens is 304 g/mol. The summed E-state index contributed by atoms with van der Waals surface area (Å²) in [6, 6.07) is 9.13. The molecule has 0 spiro atoms. The van der Waals surface area contributed by atoms with Crippen LogP contribution in [-0.4, -0.2) is 15.0 Å². The molecule has 0 atom stereocenters. The molecule has 0 saturated carbocycles. The number of sulfonamides is 1. The average Bonchev–Trinajstić information content (AvgIpc) is 2.99. The molecule has 0 radical (unpaired) electrons. The van der Waals surface area contributed by atoms with E-state index < -0.39 is 10.0 Å². The van der Waals surface area contributed by atoms with Gasteiger partial charge in [-0.1, -0.05) is 19.1 Å². The maximum Gasteiger partial charge on any atom is 0.240 e. The third-order valence-electron chi connectivity index (χ3n) is 3.33. The number of rotatable bonds is 7. The van der Waals surface area contributed by atoms with Crippen molar-refractivity contribution in [3.05, 3.63) is 51.7 Å². The second-order valence-corrected chi connectivity index (χ2v) is 7.51. The van der Waals surface area contributed by atoms with Crippen LogP contribution >= 0.6 is 11.3 Å². The Bertz CT molecular complexity index is 680. The first-order valence-electron chi connectivity index (χ1n) is 6.90. The summed E-state index contributed by atoms with van der Waals surface area (Å²) >= 11 is 1.63. The SMILES string of the molecule is CCc1ccc(S(=O)(=O)NCCc2cccs2)cc1CN. The largest absolute Gasteiger partial charge is 0.326 e. The van der Waals surface area contributed by atoms with Crippen LogP contribution in [0.4, 0.5) is 0 Å². The fourth-order valence-corrected chi connectivity index (χ4v) is 3.94. The van der Waals surface area contributed by atoms with E-state index >= 15 is 0 Å². The average molecular weight is 324 g/mol. The van der Waals surface area contributed by atoms with E-state index in [-0.39, 0.29) is 4.90 Å². The van der Waals surface area contributed by atoms with Crippen molar-refractivity contribution in [1.82, 2.24) is 4.72 Å². The Morgan fingerprint density at radius 3 is 2.67 bits per heavy atom. The molecule has 0 bridgehead atoms. The van der Waals surface area contributed by atoms with Crippen LogP contribution in [0.25, 0.3) is 0 Å². The fraction of sp³-hybridized carbons (Fsp3) is 0.333. The van der Waals surface area contributed by atoms with Crippen molar-refractivity contribution < 1.29 is 8.42 Å². The molecule has 0 aliphatic rings. The Kier molecular flexibility index (Phi) is 5.52. The molecule has 1 aromatic carbocycles. The lowest BCUT2D eigenvalue weighted by atomic mass is 10.1. The van der Waals surface area contributed by atoms with Crippen molar-refractivity contribution >= 4 is 21.4 Å². The highest BCUT2D eigenvalue weighted by molar-refractivity contribution is 7.89. The Morgan fingerprint density at radius 2 is 2.05 bits per heavy atom. The number of aryl methyl sites for hydroxylation is 1. The third-order valence-corrected chi connectivity index (χ3v) is 5.73. The molecule has 21 heavy (non-hydrogen) atoms. The lowest BCUT2D eigenvalue weighted by molar-refractivity contribution is 0.581. The predicted octanol–water partition coefficient (Wildman–Crippen LogP) is 2.29. The van der Waals surface area contributed by atoms with Gasteiger partial charge in [0.2, 0.25) is 10.0 Å². The second-order valence-electron chi connectivity index (χ2n) is 4.72. The van der Waals surface area contributed by atoms with Gasteiger partial charge in [-0.3, -0.25) is 0 Å². The molecule has 2 rings (SSSR count). The van der Waals surface area contributed by atoms with Gasteiger partial charge in [-0.25, -0.2) is 13.1 Å². The molecule has 0 aliphatic carbocycles. The number of hydrogen-bond donors (Lipinski definition) is 2. The monoisotopic (exact) mass is 324 g/mol. The maximum absolute atomic E-state index is 12.3. The van der Waals surface area contributed by atoms with Crippen LogP contribution < -0.4 is 10.5 Å². The van der Waals surface area contributed by atoms with Crippen LogP contribution in [0.2, 0.25) is 0 Å². The summed E-state index contributed by atoms with van der Waals surface area (Å²) in [4.78, 5) is 1.45. The number of thiophene rings is 1. The van der Waals surface area contributed by atoms with Crippen LogP contribution in [0, 0.1) is 0 Å². The lowest BCUT2D eigenvalue weighted by Crippen LogP contribution is -2.26. The first-order valence-corrected chi connectivity index (χ1v) is 9.27. The molecular formula is C15H20N2O2S2. The predicted molar refractivity (Wildman–Crippen MR) is 86.9 cm³/mol. The summed E-state index contributed by atoms with van der Waals surface area (Å²) in [5, 5.41) is 1.99. The normalized spacial score (nSPS) is 11.7. The van der Waals surface area contributed by atoms with Crippen LogP contribution in [0.15, 0.2) is 40.6 Å². The molecule has 2 aromatic rings. The van der Waals surface area contributed by atoms with E-state index in [0.717, 1.165) is 17.5 Å². The molecule has 0 unspecified atom stereocenters. The van der Waals surface area contributed by atoms with Gasteiger partial charge in [0, 0.05) is 18.0 Å². The quantitative estimate of drug-likeness (QED) is 0.821. The topological polar surface area (TPSA) is 72.2 Å². The molecule has 0 saturated heterocycles. The summed E-state index contributed by atoms with van der Waals surface area (Å²) in [5.74, 6) is 0. The van der Waals surface area contributed by atoms with Crippen molar-refractivity contribution in [3.8, 4) is 0 Å². The number of nitrogens with one attached hydrogen (secondary N) is 1. The van der Waals surface area contributed by atoms with Crippen LogP contribution in [0.1, 0.15) is 22.9 Å². The van der Waals surface area contributed by atoms with E-state index in [1.54, 1.807) is 23.5 Å². The van der Waals surface area contributed by atoms with Crippen molar-refractivity contribution in [3.63, 3.8) is 0 Å². The zero-order valence-electron chi connectivity index (χ0n) is 12.0. The van der Waals surface area contributed by atoms with Crippen LogP contribution in [0.5, 0.6) is 0 Å². The molecule has 4 nitrogen and oxygen atoms in total. The van der Waals surface area contributed by atoms with Gasteiger partial charge in [0.25, 0.3) is 0 Å². The van der Waals surface area contributed by atoms with Crippen molar-refractivity contribution in [2.24, 2.45) is 5.73 Å². The molecule has 0 amide bonds. The van der Waals surface area contributed by atoms with Gasteiger partial charge in [-0.2, -0.15) is 0 Å². The van der Waals surface area contributed by atoms with Gasteiger partial charge in [-0.05, 0) is 47.5 Å². The molecule has 0 aliphatic heterocycles. The zero-order valence-corrected chi connectivity index (χ0v) is 13.6. The molecule has 1 heterocycles. The standard InChI is InChI=1S/C15H20N2O2S2/c1-2-12-5-6-15(10-13(12)11-16)21(18,19)17-8-7-14-4-3-9-20-14/h3-6,9-10,17H,2,7-8,11,16H2,1H3. The summed E-state index contributed by atoms with van der Waals surface area (Å²) in [6.45, 7) is 2.78. The summed E-state index contributed by atoms with van der Waals surface area (Å²) in [6.07, 6.45) is 1.55. The highest BCUT2D eigenvalue weighted by atomic mass is 32.2. The summed E-state index contributed by atoms with van der Waals surface area (Å²) < 4.78 is 27.2. The summed E-state index contributed by atoms with van der Waals surface area (Å²) in [7, 11) is -3.47. The van der Waals surface area contributed by atoms with Crippen LogP contribution in [-0.2, 0) is 29.4 Å². The molecule has 114 valence electrons. The highest BCUT2D eigenvalue weighted by Gasteiger charge is 2.15. The first kappa shape index (κ1) is 16.2. The minimum absolute atomic E-state index is 0.284. The van der Waals surface area contributed by atoms with Crippen molar-refractivity contribution in [2.45, 2.75) is 31.2 Å². The Hall–Kier alpha value is -1.21. The van der Waals surface area contributed by atoms with Crippen molar-refractivity contribution in [2.75, 3.05) is 6.54 Å². The Labute approximate surface area is 130 Å². The number of nitrogens with two attached hydrogens (primary N) is 1. The Balaban J connectivity index is 2.08. The second kappa shape index (κ2) is 7.17. The van der Waals surface area contributed by atoms with E-state index in [9.17, 15) is 8.42 Å². The van der Waals surface area contributed by atoms with Crippen LogP contribution in [0.3, 0.4) is 0 Å². The fourth-order valence-electron chi connectivity index (χ4n) is 2.15. The van der Waals surface area contributed by atoms with E-state index in [1.165, 1.54) is 4.88 Å². The van der Waals surface area contributed by atoms with Gasteiger partial charge < -0.3 is 5.73 Å². The first-order chi connectivity index (χ1) is 10.1. The van der Waals surface area contributed by atoms with Gasteiger partial charge in [0.15, 0.2) is 0 Å². The van der Waals surface area contributed by atoms with E-state index in [0.29, 0.717) is 19.5 Å². The summed E-state index contributed by atoms with van der Waals surface area (Å²) in [5.41, 5.74) is 7.67. The van der Waals surface area contributed by atoms with Gasteiger partial charge in [0.1, 0.15) is 0 Å². The molecule has 0 fully saturated rings. The van der Waals surface area contributed by atoms with Crippen molar-refractivity contribution in [1.29, 1.82) is 0 Å². The minimum atomic E-state index is -3.47.